The number of aryl methyl sites for hydroxylation is 1. The van der Waals surface area contributed by atoms with Crippen LogP contribution in [0.15, 0.2) is 54.6 Å². The largest absolute Gasteiger partial charge is 0.497 e. The molecule has 2 aromatic rings. The third-order valence-corrected chi connectivity index (χ3v) is 4.32. The molecule has 1 fully saturated rings. The molecule has 5 heteroatoms. The highest BCUT2D eigenvalue weighted by Gasteiger charge is 2.36. The maximum atomic E-state index is 5.48. The molecule has 1 saturated heterocycles. The zero-order chi connectivity index (χ0) is 16.3. The summed E-state index contributed by atoms with van der Waals surface area (Å²) in [5, 5.41) is 5.99. The van der Waals surface area contributed by atoms with Gasteiger partial charge in [-0.15, -0.1) is 0 Å². The molecule has 1 heterocycles. The Kier molecular flexibility index (Phi) is 4.50. The van der Waals surface area contributed by atoms with Gasteiger partial charge in [-0.25, -0.2) is 5.43 Å². The molecule has 1 aliphatic rings. The minimum Gasteiger partial charge on any atom is -0.497 e. The average molecular weight is 327 g/mol. The number of anilines is 1. The van der Waals surface area contributed by atoms with Crippen molar-refractivity contribution in [2.75, 3.05) is 12.1 Å². The molecule has 1 atom stereocenters. The quantitative estimate of drug-likeness (QED) is 0.825. The molecule has 120 valence electrons. The number of ether oxygens (including phenoxy) is 1. The summed E-state index contributed by atoms with van der Waals surface area (Å²) in [6.07, 6.45) is 1.92. The lowest BCUT2D eigenvalue weighted by molar-refractivity contribution is 0.347. The van der Waals surface area contributed by atoms with E-state index in [1.807, 2.05) is 35.3 Å². The van der Waals surface area contributed by atoms with Crippen LogP contribution in [0.2, 0.25) is 0 Å². The molecule has 0 radical (unpaired) electrons. The number of nitrogens with zero attached hydrogens (tertiary/aromatic N) is 1. The van der Waals surface area contributed by atoms with Crippen molar-refractivity contribution in [3.63, 3.8) is 0 Å². The Balaban J connectivity index is 1.67. The van der Waals surface area contributed by atoms with Gasteiger partial charge in [0.05, 0.1) is 12.8 Å². The summed E-state index contributed by atoms with van der Waals surface area (Å²) in [5.41, 5.74) is 5.54. The number of methoxy groups -OCH3 is 1. The van der Waals surface area contributed by atoms with E-state index in [4.69, 9.17) is 17.0 Å². The van der Waals surface area contributed by atoms with E-state index in [2.05, 4.69) is 41.9 Å². The standard InChI is InChI=1S/C18H21N3OS/c1-18(13-12-14-6-4-3-5-7-14)19-17(23)21(20-18)15-8-10-16(22-2)11-9-15/h3-11,20H,12-13H2,1-2H3,(H,19,23)/t18-/m0/s1. The van der Waals surface area contributed by atoms with E-state index in [9.17, 15) is 0 Å². The predicted molar refractivity (Wildman–Crippen MR) is 97.5 cm³/mol. The Bertz CT molecular complexity index is 674. The molecule has 0 amide bonds. The van der Waals surface area contributed by atoms with Gasteiger partial charge in [-0.05, 0) is 61.8 Å². The summed E-state index contributed by atoms with van der Waals surface area (Å²) in [6.45, 7) is 2.13. The molecule has 2 aromatic carbocycles. The van der Waals surface area contributed by atoms with Gasteiger partial charge in [-0.3, -0.25) is 5.01 Å². The maximum absolute atomic E-state index is 5.48. The number of thiocarbonyl (C=S) groups is 1. The van der Waals surface area contributed by atoms with Gasteiger partial charge in [0, 0.05) is 0 Å². The van der Waals surface area contributed by atoms with E-state index in [0.29, 0.717) is 5.11 Å². The first-order valence-corrected chi connectivity index (χ1v) is 8.08. The van der Waals surface area contributed by atoms with Crippen molar-refractivity contribution in [2.24, 2.45) is 0 Å². The number of rotatable bonds is 5. The summed E-state index contributed by atoms with van der Waals surface area (Å²) in [6, 6.07) is 18.3. The van der Waals surface area contributed by atoms with Crippen LogP contribution >= 0.6 is 12.2 Å². The van der Waals surface area contributed by atoms with Gasteiger partial charge in [0.2, 0.25) is 0 Å². The van der Waals surface area contributed by atoms with Crippen LogP contribution in [0.5, 0.6) is 5.75 Å². The first-order chi connectivity index (χ1) is 11.1. The van der Waals surface area contributed by atoms with E-state index in [-0.39, 0.29) is 5.66 Å². The molecule has 0 unspecified atom stereocenters. The number of hydrazine groups is 1. The Morgan fingerprint density at radius 2 is 1.78 bits per heavy atom. The summed E-state index contributed by atoms with van der Waals surface area (Å²) < 4.78 is 5.20. The summed E-state index contributed by atoms with van der Waals surface area (Å²) in [4.78, 5) is 0. The molecule has 2 N–H and O–H groups in total. The van der Waals surface area contributed by atoms with E-state index in [1.165, 1.54) is 5.56 Å². The predicted octanol–water partition coefficient (Wildman–Crippen LogP) is 3.24. The van der Waals surface area contributed by atoms with Crippen molar-refractivity contribution in [2.45, 2.75) is 25.4 Å². The first kappa shape index (κ1) is 15.8. The monoisotopic (exact) mass is 327 g/mol. The third kappa shape index (κ3) is 3.63. The van der Waals surface area contributed by atoms with Crippen LogP contribution in [0.4, 0.5) is 5.69 Å². The number of hydrogen-bond donors (Lipinski definition) is 2. The number of hydrogen-bond acceptors (Lipinski definition) is 3. The van der Waals surface area contributed by atoms with Gasteiger partial charge in [-0.2, -0.15) is 0 Å². The van der Waals surface area contributed by atoms with Gasteiger partial charge in [0.15, 0.2) is 5.11 Å². The topological polar surface area (TPSA) is 36.5 Å². The fourth-order valence-corrected chi connectivity index (χ4v) is 3.06. The molecule has 4 nitrogen and oxygen atoms in total. The van der Waals surface area contributed by atoms with E-state index in [1.54, 1.807) is 7.11 Å². The highest BCUT2D eigenvalue weighted by Crippen LogP contribution is 2.24. The fraction of sp³-hybridized carbons (Fsp3) is 0.278. The van der Waals surface area contributed by atoms with Crippen molar-refractivity contribution in [3.8, 4) is 5.75 Å². The van der Waals surface area contributed by atoms with Crippen LogP contribution in [-0.4, -0.2) is 17.9 Å². The smallest absolute Gasteiger partial charge is 0.189 e. The molecule has 0 bridgehead atoms. The number of nitrogens with one attached hydrogen (secondary N) is 2. The van der Waals surface area contributed by atoms with Crippen molar-refractivity contribution in [3.05, 3.63) is 60.2 Å². The Hall–Kier alpha value is -2.11. The van der Waals surface area contributed by atoms with E-state index >= 15 is 0 Å². The minimum absolute atomic E-state index is 0.257. The lowest BCUT2D eigenvalue weighted by Gasteiger charge is -2.25. The van der Waals surface area contributed by atoms with Crippen molar-refractivity contribution >= 4 is 23.0 Å². The molecule has 0 spiro atoms. The van der Waals surface area contributed by atoms with Crippen molar-refractivity contribution in [1.29, 1.82) is 0 Å². The molecular weight excluding hydrogens is 306 g/mol. The first-order valence-electron chi connectivity index (χ1n) is 7.68. The van der Waals surface area contributed by atoms with Crippen LogP contribution in [-0.2, 0) is 6.42 Å². The van der Waals surface area contributed by atoms with Crippen LogP contribution in [0.1, 0.15) is 18.9 Å². The van der Waals surface area contributed by atoms with Crippen LogP contribution in [0.3, 0.4) is 0 Å². The normalized spacial score (nSPS) is 20.4. The highest BCUT2D eigenvalue weighted by atomic mass is 32.1. The Morgan fingerprint density at radius 3 is 2.43 bits per heavy atom. The molecule has 0 aliphatic carbocycles. The van der Waals surface area contributed by atoms with Gasteiger partial charge >= 0.3 is 0 Å². The van der Waals surface area contributed by atoms with Crippen LogP contribution < -0.4 is 20.5 Å². The second-order valence-corrected chi connectivity index (χ2v) is 6.28. The number of benzene rings is 2. The summed E-state index contributed by atoms with van der Waals surface area (Å²) in [5.74, 6) is 0.832. The van der Waals surface area contributed by atoms with E-state index in [0.717, 1.165) is 24.3 Å². The van der Waals surface area contributed by atoms with Gasteiger partial charge in [0.1, 0.15) is 11.4 Å². The lowest BCUT2D eigenvalue weighted by atomic mass is 10.0. The lowest BCUT2D eigenvalue weighted by Crippen LogP contribution is -2.48. The maximum Gasteiger partial charge on any atom is 0.189 e. The average Bonchev–Trinajstić information content (AvgIpc) is 2.89. The fourth-order valence-electron chi connectivity index (χ4n) is 2.69. The Labute approximate surface area is 142 Å². The molecular formula is C18H21N3OS. The molecule has 0 saturated carbocycles. The van der Waals surface area contributed by atoms with Crippen LogP contribution in [0.25, 0.3) is 0 Å². The highest BCUT2D eigenvalue weighted by molar-refractivity contribution is 7.80. The SMILES string of the molecule is COc1ccc(N2N[C@@](C)(CCc3ccccc3)NC2=S)cc1. The van der Waals surface area contributed by atoms with Gasteiger partial charge < -0.3 is 10.1 Å². The zero-order valence-corrected chi connectivity index (χ0v) is 14.2. The second-order valence-electron chi connectivity index (χ2n) is 5.89. The zero-order valence-electron chi connectivity index (χ0n) is 13.4. The van der Waals surface area contributed by atoms with Crippen molar-refractivity contribution < 1.29 is 4.74 Å². The second kappa shape index (κ2) is 6.56. The third-order valence-electron chi connectivity index (χ3n) is 4.03. The minimum atomic E-state index is -0.257. The van der Waals surface area contributed by atoms with Gasteiger partial charge in [-0.1, -0.05) is 30.3 Å². The summed E-state index contributed by atoms with van der Waals surface area (Å²) in [7, 11) is 1.66. The summed E-state index contributed by atoms with van der Waals surface area (Å²) >= 11 is 5.48. The van der Waals surface area contributed by atoms with Crippen molar-refractivity contribution in [1.82, 2.24) is 10.7 Å². The molecule has 23 heavy (non-hydrogen) atoms. The molecule has 3 rings (SSSR count). The Morgan fingerprint density at radius 1 is 1.09 bits per heavy atom. The van der Waals surface area contributed by atoms with Gasteiger partial charge in [0.25, 0.3) is 0 Å². The molecule has 0 aromatic heterocycles. The van der Waals surface area contributed by atoms with E-state index < -0.39 is 0 Å². The van der Waals surface area contributed by atoms with Crippen LogP contribution in [0, 0.1) is 0 Å². The molecule has 1 aliphatic heterocycles.